The zero-order valence-corrected chi connectivity index (χ0v) is 19.2. The average Bonchev–Trinajstić information content (AvgIpc) is 3.45. The van der Waals surface area contributed by atoms with Gasteiger partial charge in [-0.05, 0) is 48.9 Å². The summed E-state index contributed by atoms with van der Waals surface area (Å²) in [7, 11) is 0. The Morgan fingerprint density at radius 3 is 2.61 bits per heavy atom. The van der Waals surface area contributed by atoms with Crippen molar-refractivity contribution in [1.82, 2.24) is 18.8 Å². The van der Waals surface area contributed by atoms with Crippen LogP contribution in [0.4, 0.5) is 11.6 Å². The molecule has 2 aromatic rings. The van der Waals surface area contributed by atoms with Crippen molar-refractivity contribution in [3.63, 3.8) is 0 Å². The molecule has 0 radical (unpaired) electrons. The molecule has 1 saturated carbocycles. The minimum atomic E-state index is -0.00219. The number of nitrogens with zero attached hydrogens (tertiary/aromatic N) is 4. The summed E-state index contributed by atoms with van der Waals surface area (Å²) in [6.45, 7) is 3.21. The molecule has 3 N–H and O–H groups in total. The Bertz CT molecular complexity index is 946. The zero-order chi connectivity index (χ0) is 21.4. The van der Waals surface area contributed by atoms with Gasteiger partial charge in [0.2, 0.25) is 0 Å². The number of hydrogen-bond donors (Lipinski definition) is 2. The molecule has 4 heterocycles. The quantitative estimate of drug-likeness (QED) is 0.641. The lowest BCUT2D eigenvalue weighted by molar-refractivity contribution is 0.0790. The number of nitrogens with one attached hydrogen (secondary N) is 1. The molecule has 2 atom stereocenters. The van der Waals surface area contributed by atoms with Crippen LogP contribution in [0, 0.1) is 5.92 Å². The molecule has 0 spiro atoms. The molecule has 5 rings (SSSR count). The molecule has 1 saturated heterocycles. The molecule has 1 aliphatic carbocycles. The van der Waals surface area contributed by atoms with Crippen LogP contribution in [0.5, 0.6) is 0 Å². The van der Waals surface area contributed by atoms with Gasteiger partial charge in [0, 0.05) is 60.5 Å². The fourth-order valence-electron chi connectivity index (χ4n) is 5.19. The van der Waals surface area contributed by atoms with Crippen molar-refractivity contribution in [2.45, 2.75) is 50.6 Å². The molecule has 3 aliphatic rings. The number of carbonyl (C=O) groups excluding carboxylic acids is 1. The first-order chi connectivity index (χ1) is 15.1. The summed E-state index contributed by atoms with van der Waals surface area (Å²) in [4.78, 5) is 23.9. The van der Waals surface area contributed by atoms with E-state index in [0.29, 0.717) is 36.3 Å². The number of rotatable bonds is 4. The van der Waals surface area contributed by atoms with Gasteiger partial charge < -0.3 is 16.0 Å². The van der Waals surface area contributed by atoms with Crippen LogP contribution in [0.25, 0.3) is 0 Å². The van der Waals surface area contributed by atoms with Crippen molar-refractivity contribution in [2.24, 2.45) is 11.7 Å². The molecule has 2 aromatic heterocycles. The number of pyridine rings is 2. The highest BCUT2D eigenvalue weighted by atomic mass is 79.9. The fourth-order valence-corrected chi connectivity index (χ4v) is 5.77. The molecule has 0 aromatic carbocycles. The number of fused-ring (bicyclic) bond motifs is 1. The van der Waals surface area contributed by atoms with E-state index in [1.54, 1.807) is 11.1 Å². The number of aromatic nitrogens is 2. The zero-order valence-electron chi connectivity index (χ0n) is 17.6. The van der Waals surface area contributed by atoms with Crippen LogP contribution in [0.2, 0.25) is 0 Å². The second-order valence-corrected chi connectivity index (χ2v) is 10.1. The SMILES string of the molecule is NC1CCN(C(=O)c2ccc(Nc3ccc4c(n3)C(C3CCCC3)CN(Br)C4)nc2)C1. The summed E-state index contributed by atoms with van der Waals surface area (Å²) >= 11 is 3.71. The third-order valence-electron chi connectivity index (χ3n) is 6.85. The number of halogens is 1. The molecule has 2 fully saturated rings. The topological polar surface area (TPSA) is 87.4 Å². The van der Waals surface area contributed by atoms with E-state index in [1.165, 1.54) is 36.9 Å². The Balaban J connectivity index is 1.31. The monoisotopic (exact) mass is 484 g/mol. The molecule has 2 aliphatic heterocycles. The van der Waals surface area contributed by atoms with E-state index in [4.69, 9.17) is 10.7 Å². The van der Waals surface area contributed by atoms with E-state index in [2.05, 4.69) is 36.4 Å². The van der Waals surface area contributed by atoms with Crippen molar-refractivity contribution in [2.75, 3.05) is 25.0 Å². The highest BCUT2D eigenvalue weighted by Gasteiger charge is 2.33. The minimum Gasteiger partial charge on any atom is -0.337 e. The van der Waals surface area contributed by atoms with Gasteiger partial charge in [0.1, 0.15) is 11.6 Å². The maximum absolute atomic E-state index is 12.6. The average molecular weight is 485 g/mol. The van der Waals surface area contributed by atoms with E-state index >= 15 is 0 Å². The molecule has 8 heteroatoms. The van der Waals surface area contributed by atoms with Crippen molar-refractivity contribution in [3.8, 4) is 0 Å². The lowest BCUT2D eigenvalue weighted by Crippen LogP contribution is -2.31. The van der Waals surface area contributed by atoms with Crippen LogP contribution >= 0.6 is 16.1 Å². The standard InChI is InChI=1S/C23H29BrN6O/c24-30-12-17-6-8-21(28-22(17)19(14-30)15-3-1-2-4-15)27-20-7-5-16(11-26-20)23(31)29-10-9-18(25)13-29/h5-8,11,15,18-19H,1-4,9-10,12-14,25H2,(H,26,27,28). The van der Waals surface area contributed by atoms with Gasteiger partial charge >= 0.3 is 0 Å². The van der Waals surface area contributed by atoms with Crippen LogP contribution in [0.15, 0.2) is 30.5 Å². The molecular weight excluding hydrogens is 456 g/mol. The Morgan fingerprint density at radius 1 is 1.10 bits per heavy atom. The van der Waals surface area contributed by atoms with E-state index in [1.807, 2.05) is 18.2 Å². The van der Waals surface area contributed by atoms with Gasteiger partial charge in [-0.25, -0.2) is 13.9 Å². The van der Waals surface area contributed by atoms with Gasteiger partial charge in [0.05, 0.1) is 11.3 Å². The maximum Gasteiger partial charge on any atom is 0.255 e. The summed E-state index contributed by atoms with van der Waals surface area (Å²) in [5.74, 6) is 2.67. The lowest BCUT2D eigenvalue weighted by atomic mass is 9.83. The number of hydrogen-bond acceptors (Lipinski definition) is 6. The normalized spacial score (nSPS) is 24.4. The van der Waals surface area contributed by atoms with Crippen LogP contribution in [0.3, 0.4) is 0 Å². The van der Waals surface area contributed by atoms with Crippen molar-refractivity contribution < 1.29 is 4.79 Å². The smallest absolute Gasteiger partial charge is 0.255 e. The van der Waals surface area contributed by atoms with Gasteiger partial charge in [-0.1, -0.05) is 18.9 Å². The number of anilines is 2. The summed E-state index contributed by atoms with van der Waals surface area (Å²) in [6, 6.07) is 7.94. The van der Waals surface area contributed by atoms with E-state index in [-0.39, 0.29) is 11.9 Å². The molecule has 7 nitrogen and oxygen atoms in total. The largest absolute Gasteiger partial charge is 0.337 e. The second-order valence-electron chi connectivity index (χ2n) is 9.05. The Morgan fingerprint density at radius 2 is 1.90 bits per heavy atom. The molecule has 1 amide bonds. The van der Waals surface area contributed by atoms with Crippen LogP contribution in [-0.2, 0) is 6.54 Å². The fraction of sp³-hybridized carbons (Fsp3) is 0.522. The first kappa shape index (κ1) is 20.8. The van der Waals surface area contributed by atoms with Crippen molar-refractivity contribution >= 4 is 33.7 Å². The summed E-state index contributed by atoms with van der Waals surface area (Å²) in [5.41, 5.74) is 9.04. The third kappa shape index (κ3) is 4.47. The van der Waals surface area contributed by atoms with E-state index < -0.39 is 0 Å². The molecule has 2 unspecified atom stereocenters. The van der Waals surface area contributed by atoms with Gasteiger partial charge in [-0.15, -0.1) is 0 Å². The lowest BCUT2D eigenvalue weighted by Gasteiger charge is -2.33. The summed E-state index contributed by atoms with van der Waals surface area (Å²) in [6.07, 6.45) is 7.74. The maximum atomic E-state index is 12.6. The van der Waals surface area contributed by atoms with E-state index in [0.717, 1.165) is 25.3 Å². The van der Waals surface area contributed by atoms with Crippen LogP contribution in [-0.4, -0.2) is 50.4 Å². The third-order valence-corrected chi connectivity index (χ3v) is 7.39. The Hall–Kier alpha value is -2.03. The first-order valence-electron chi connectivity index (χ1n) is 11.3. The molecule has 31 heavy (non-hydrogen) atoms. The summed E-state index contributed by atoms with van der Waals surface area (Å²) < 4.78 is 2.23. The number of carbonyl (C=O) groups is 1. The Kier molecular flexibility index (Phi) is 5.95. The number of nitrogens with two attached hydrogens (primary N) is 1. The Labute approximate surface area is 191 Å². The first-order valence-corrected chi connectivity index (χ1v) is 12.0. The number of amides is 1. The molecule has 0 bridgehead atoms. The van der Waals surface area contributed by atoms with Gasteiger partial charge in [0.25, 0.3) is 5.91 Å². The molecule has 164 valence electrons. The van der Waals surface area contributed by atoms with Gasteiger partial charge in [-0.3, -0.25) is 4.79 Å². The van der Waals surface area contributed by atoms with Gasteiger partial charge in [0.15, 0.2) is 0 Å². The highest BCUT2D eigenvalue weighted by Crippen LogP contribution is 2.41. The second kappa shape index (κ2) is 8.84. The van der Waals surface area contributed by atoms with Crippen LogP contribution < -0.4 is 11.1 Å². The minimum absolute atomic E-state index is 0.00219. The van der Waals surface area contributed by atoms with E-state index in [9.17, 15) is 4.79 Å². The van der Waals surface area contributed by atoms with Crippen molar-refractivity contribution in [1.29, 1.82) is 0 Å². The highest BCUT2D eigenvalue weighted by molar-refractivity contribution is 9.07. The van der Waals surface area contributed by atoms with Gasteiger partial charge in [-0.2, -0.15) is 0 Å². The van der Waals surface area contributed by atoms with Crippen molar-refractivity contribution in [3.05, 3.63) is 47.3 Å². The predicted octanol–water partition coefficient (Wildman–Crippen LogP) is 3.79. The van der Waals surface area contributed by atoms with Crippen LogP contribution in [0.1, 0.15) is 59.6 Å². The molecular formula is C23H29BrN6O. The summed E-state index contributed by atoms with van der Waals surface area (Å²) in [5, 5.41) is 3.33. The number of likely N-dealkylation sites (tertiary alicyclic amines) is 1. The predicted molar refractivity (Wildman–Crippen MR) is 124 cm³/mol.